The highest BCUT2D eigenvalue weighted by Crippen LogP contribution is 2.44. The number of fused-ring (bicyclic) bond motifs is 1. The molecule has 26 heavy (non-hydrogen) atoms. The maximum atomic E-state index is 12.8. The number of H-pyrrole nitrogens is 2. The van der Waals surface area contributed by atoms with Crippen LogP contribution in [0.5, 0.6) is 5.75 Å². The summed E-state index contributed by atoms with van der Waals surface area (Å²) in [5.74, 6) is -1.37. The Labute approximate surface area is 151 Å². The highest BCUT2D eigenvalue weighted by Gasteiger charge is 2.51. The molecule has 0 fully saturated rings. The number of esters is 1. The lowest BCUT2D eigenvalue weighted by Crippen LogP contribution is -2.50. The quantitative estimate of drug-likeness (QED) is 0.720. The van der Waals surface area contributed by atoms with Crippen LogP contribution in [0.15, 0.2) is 29.1 Å². The third kappa shape index (κ3) is 3.14. The molecule has 3 N–H and O–H groups in total. The number of aromatic nitrogens is 2. The maximum absolute atomic E-state index is 12.8. The third-order valence-corrected chi connectivity index (χ3v) is 4.83. The zero-order chi connectivity index (χ0) is 19.1. The molecule has 0 radical (unpaired) electrons. The highest BCUT2D eigenvalue weighted by molar-refractivity contribution is 5.77. The summed E-state index contributed by atoms with van der Waals surface area (Å²) in [5, 5.41) is 16.4. The Kier molecular flexibility index (Phi) is 4.66. The second-order valence-electron chi connectivity index (χ2n) is 7.22. The van der Waals surface area contributed by atoms with Gasteiger partial charge in [-0.15, -0.1) is 0 Å². The molecule has 1 aliphatic carbocycles. The van der Waals surface area contributed by atoms with Crippen LogP contribution in [0.25, 0.3) is 0 Å². The van der Waals surface area contributed by atoms with Gasteiger partial charge in [0, 0.05) is 23.6 Å². The molecule has 3 atom stereocenters. The number of benzene rings is 1. The summed E-state index contributed by atoms with van der Waals surface area (Å²) in [4.78, 5) is 25.3. The van der Waals surface area contributed by atoms with Crippen molar-refractivity contribution < 1.29 is 19.4 Å². The summed E-state index contributed by atoms with van der Waals surface area (Å²) in [5.41, 5.74) is 0.151. The van der Waals surface area contributed by atoms with Crippen LogP contribution in [-0.2, 0) is 16.0 Å². The molecule has 1 aromatic heterocycles. The standard InChI is InChI=1S/C19H24N2O5/c1-10(2)26-18(23)16-14(11-5-7-12(25-4)8-6-11)15-13(9-19(16,3)24)20-21-17(15)22/h5-8,10,14,16,24H,9H2,1-4H3,(H2,20,21,22)/t14-,16-,19+/m0/s1. The third-order valence-electron chi connectivity index (χ3n) is 4.83. The molecule has 0 aliphatic heterocycles. The van der Waals surface area contributed by atoms with Crippen molar-refractivity contribution in [2.75, 3.05) is 7.11 Å². The van der Waals surface area contributed by atoms with E-state index >= 15 is 0 Å². The second kappa shape index (κ2) is 6.64. The van der Waals surface area contributed by atoms with Crippen molar-refractivity contribution in [3.05, 3.63) is 51.4 Å². The first kappa shape index (κ1) is 18.3. The lowest BCUT2D eigenvalue weighted by atomic mass is 9.66. The number of hydrogen-bond donors (Lipinski definition) is 3. The van der Waals surface area contributed by atoms with E-state index in [-0.39, 0.29) is 18.1 Å². The summed E-state index contributed by atoms with van der Waals surface area (Å²) < 4.78 is 10.6. The Morgan fingerprint density at radius 1 is 1.27 bits per heavy atom. The molecule has 2 aromatic rings. The van der Waals surface area contributed by atoms with E-state index in [1.807, 2.05) is 0 Å². The number of ether oxygens (including phenoxy) is 2. The van der Waals surface area contributed by atoms with Crippen LogP contribution >= 0.6 is 0 Å². The van der Waals surface area contributed by atoms with Crippen LogP contribution in [0.4, 0.5) is 0 Å². The van der Waals surface area contributed by atoms with E-state index in [9.17, 15) is 14.7 Å². The topological polar surface area (TPSA) is 104 Å². The minimum Gasteiger partial charge on any atom is -0.497 e. The molecule has 1 aromatic carbocycles. The zero-order valence-corrected chi connectivity index (χ0v) is 15.3. The minimum atomic E-state index is -1.37. The molecule has 0 spiro atoms. The van der Waals surface area contributed by atoms with Crippen molar-refractivity contribution in [3.63, 3.8) is 0 Å². The van der Waals surface area contributed by atoms with Crippen molar-refractivity contribution in [1.29, 1.82) is 0 Å². The predicted molar refractivity (Wildman–Crippen MR) is 95.3 cm³/mol. The number of nitrogens with one attached hydrogen (secondary N) is 2. The summed E-state index contributed by atoms with van der Waals surface area (Å²) in [6.45, 7) is 5.11. The van der Waals surface area contributed by atoms with E-state index in [0.717, 1.165) is 5.56 Å². The van der Waals surface area contributed by atoms with Crippen LogP contribution in [0.1, 0.15) is 43.5 Å². The van der Waals surface area contributed by atoms with E-state index < -0.39 is 23.4 Å². The van der Waals surface area contributed by atoms with Crippen molar-refractivity contribution in [2.45, 2.75) is 44.8 Å². The van der Waals surface area contributed by atoms with Crippen molar-refractivity contribution >= 4 is 5.97 Å². The van der Waals surface area contributed by atoms with Gasteiger partial charge in [0.2, 0.25) is 0 Å². The number of hydrogen-bond acceptors (Lipinski definition) is 5. The Morgan fingerprint density at radius 3 is 2.50 bits per heavy atom. The normalized spacial score (nSPS) is 25.0. The number of carbonyl (C=O) groups excluding carboxylic acids is 1. The highest BCUT2D eigenvalue weighted by atomic mass is 16.5. The first-order chi connectivity index (χ1) is 12.2. The number of aliphatic hydroxyl groups is 1. The zero-order valence-electron chi connectivity index (χ0n) is 15.3. The van der Waals surface area contributed by atoms with Gasteiger partial charge in [0.05, 0.1) is 24.7 Å². The first-order valence-corrected chi connectivity index (χ1v) is 8.61. The molecule has 1 aliphatic rings. The summed E-state index contributed by atoms with van der Waals surface area (Å²) in [6.07, 6.45) is -0.160. The van der Waals surface area contributed by atoms with Crippen molar-refractivity contribution in [2.24, 2.45) is 5.92 Å². The van der Waals surface area contributed by atoms with E-state index in [4.69, 9.17) is 9.47 Å². The van der Waals surface area contributed by atoms with Crippen LogP contribution in [0.2, 0.25) is 0 Å². The van der Waals surface area contributed by atoms with Gasteiger partial charge in [0.25, 0.3) is 5.56 Å². The number of aromatic amines is 2. The molecule has 0 saturated heterocycles. The van der Waals surface area contributed by atoms with Crippen molar-refractivity contribution in [1.82, 2.24) is 10.2 Å². The number of methoxy groups -OCH3 is 1. The Morgan fingerprint density at radius 2 is 1.92 bits per heavy atom. The smallest absolute Gasteiger partial charge is 0.313 e. The number of rotatable bonds is 4. The van der Waals surface area contributed by atoms with Crippen LogP contribution in [0.3, 0.4) is 0 Å². The predicted octanol–water partition coefficient (Wildman–Crippen LogP) is 1.72. The summed E-state index contributed by atoms with van der Waals surface area (Å²) in [7, 11) is 1.57. The van der Waals surface area contributed by atoms with Gasteiger partial charge in [-0.05, 0) is 38.5 Å². The molecule has 0 saturated carbocycles. The SMILES string of the molecule is COc1ccc([C@H]2c3c([nH][nH]c3=O)C[C@@](C)(O)[C@@H]2C(=O)OC(C)C)cc1. The Balaban J connectivity index is 2.16. The van der Waals surface area contributed by atoms with Gasteiger partial charge in [0.15, 0.2) is 0 Å². The van der Waals surface area contributed by atoms with E-state index in [0.29, 0.717) is 17.0 Å². The van der Waals surface area contributed by atoms with E-state index in [1.54, 1.807) is 52.1 Å². The summed E-state index contributed by atoms with van der Waals surface area (Å²) >= 11 is 0. The molecule has 3 rings (SSSR count). The number of carbonyl (C=O) groups is 1. The average Bonchev–Trinajstić information content (AvgIpc) is 2.92. The van der Waals surface area contributed by atoms with Crippen LogP contribution in [-0.4, -0.2) is 40.1 Å². The largest absolute Gasteiger partial charge is 0.497 e. The van der Waals surface area contributed by atoms with E-state index in [2.05, 4.69) is 10.2 Å². The molecule has 140 valence electrons. The fourth-order valence-corrected chi connectivity index (χ4v) is 3.73. The minimum absolute atomic E-state index is 0.158. The lowest BCUT2D eigenvalue weighted by Gasteiger charge is -2.40. The van der Waals surface area contributed by atoms with Gasteiger partial charge in [0.1, 0.15) is 5.75 Å². The molecule has 1 heterocycles. The van der Waals surface area contributed by atoms with E-state index in [1.165, 1.54) is 0 Å². The molecular weight excluding hydrogens is 336 g/mol. The van der Waals surface area contributed by atoms with Gasteiger partial charge in [-0.2, -0.15) is 0 Å². The van der Waals surface area contributed by atoms with Crippen LogP contribution < -0.4 is 10.3 Å². The van der Waals surface area contributed by atoms with Gasteiger partial charge in [-0.3, -0.25) is 14.7 Å². The Hall–Kier alpha value is -2.54. The monoisotopic (exact) mass is 360 g/mol. The van der Waals surface area contributed by atoms with Gasteiger partial charge in [-0.1, -0.05) is 12.1 Å². The van der Waals surface area contributed by atoms with Crippen molar-refractivity contribution in [3.8, 4) is 5.75 Å². The Bertz CT molecular complexity index is 848. The van der Waals surface area contributed by atoms with Gasteiger partial charge < -0.3 is 19.7 Å². The van der Waals surface area contributed by atoms with Gasteiger partial charge >= 0.3 is 5.97 Å². The average molecular weight is 360 g/mol. The molecule has 0 bridgehead atoms. The fraction of sp³-hybridized carbons (Fsp3) is 0.474. The second-order valence-corrected chi connectivity index (χ2v) is 7.22. The van der Waals surface area contributed by atoms with Crippen LogP contribution in [0, 0.1) is 5.92 Å². The molecule has 7 heteroatoms. The van der Waals surface area contributed by atoms with Gasteiger partial charge in [-0.25, -0.2) is 0 Å². The first-order valence-electron chi connectivity index (χ1n) is 8.61. The maximum Gasteiger partial charge on any atom is 0.313 e. The molecule has 0 amide bonds. The summed E-state index contributed by atoms with van der Waals surface area (Å²) in [6, 6.07) is 7.14. The fourth-order valence-electron chi connectivity index (χ4n) is 3.73. The lowest BCUT2D eigenvalue weighted by molar-refractivity contribution is -0.163. The molecule has 7 nitrogen and oxygen atoms in total. The molecule has 0 unspecified atom stereocenters. The molecular formula is C19H24N2O5.